The van der Waals surface area contributed by atoms with E-state index >= 15 is 0 Å². The summed E-state index contributed by atoms with van der Waals surface area (Å²) in [5.41, 5.74) is 0.840. The smallest absolute Gasteiger partial charge is 0.121 e. The molecule has 0 spiro atoms. The molecular weight excluding hydrogens is 140 g/mol. The van der Waals surface area contributed by atoms with Crippen LogP contribution in [-0.4, -0.2) is 23.7 Å². The van der Waals surface area contributed by atoms with Crippen LogP contribution in [0.15, 0.2) is 24.4 Å². The molecule has 0 aliphatic carbocycles. The van der Waals surface area contributed by atoms with Crippen LogP contribution in [0.3, 0.4) is 0 Å². The van der Waals surface area contributed by atoms with E-state index in [0.29, 0.717) is 6.54 Å². The summed E-state index contributed by atoms with van der Waals surface area (Å²) in [4.78, 5) is 4.05. The highest BCUT2D eigenvalue weighted by atomic mass is 16.5. The molecule has 0 atom stereocenters. The fraction of sp³-hybridized carbons (Fsp3) is 0.375. The lowest BCUT2D eigenvalue weighted by molar-refractivity contribution is -0.854. The van der Waals surface area contributed by atoms with Gasteiger partial charge in [0.05, 0.1) is 19.8 Å². The molecule has 0 amide bonds. The minimum atomic E-state index is -0.322. The average Bonchev–Trinajstić information content (AvgIpc) is 1.85. The lowest BCUT2D eigenvalue weighted by atomic mass is 10.3. The summed E-state index contributed by atoms with van der Waals surface area (Å²) in [5.74, 6) is 0. The third-order valence-electron chi connectivity index (χ3n) is 1.27. The fourth-order valence-electron chi connectivity index (χ4n) is 0.882. The van der Waals surface area contributed by atoms with Gasteiger partial charge in [-0.25, -0.2) is 0 Å². The average molecular weight is 152 g/mol. The molecule has 0 fully saturated rings. The first-order chi connectivity index (χ1) is 5.08. The van der Waals surface area contributed by atoms with Gasteiger partial charge in [-0.1, -0.05) is 6.07 Å². The molecule has 0 aliphatic rings. The SMILES string of the molecule is C[N+](C)([O-])Cc1ccccn1. The van der Waals surface area contributed by atoms with Gasteiger partial charge in [0.25, 0.3) is 0 Å². The molecule has 1 rings (SSSR count). The summed E-state index contributed by atoms with van der Waals surface area (Å²) in [7, 11) is 3.21. The molecule has 0 N–H and O–H groups in total. The van der Waals surface area contributed by atoms with Crippen molar-refractivity contribution in [2.45, 2.75) is 6.54 Å². The highest BCUT2D eigenvalue weighted by Gasteiger charge is 2.03. The molecule has 1 heterocycles. The predicted molar refractivity (Wildman–Crippen MR) is 43.4 cm³/mol. The molecule has 0 radical (unpaired) electrons. The van der Waals surface area contributed by atoms with Gasteiger partial charge >= 0.3 is 0 Å². The zero-order chi connectivity index (χ0) is 8.32. The third kappa shape index (κ3) is 3.11. The van der Waals surface area contributed by atoms with E-state index in [2.05, 4.69) is 4.98 Å². The molecule has 0 aliphatic heterocycles. The Balaban J connectivity index is 2.66. The lowest BCUT2D eigenvalue weighted by Gasteiger charge is -2.33. The van der Waals surface area contributed by atoms with Gasteiger partial charge in [-0.2, -0.15) is 0 Å². The molecule has 3 nitrogen and oxygen atoms in total. The van der Waals surface area contributed by atoms with Crippen molar-refractivity contribution < 1.29 is 4.65 Å². The van der Waals surface area contributed by atoms with E-state index in [9.17, 15) is 5.21 Å². The van der Waals surface area contributed by atoms with Gasteiger partial charge in [0.1, 0.15) is 6.54 Å². The van der Waals surface area contributed by atoms with Crippen molar-refractivity contribution in [3.05, 3.63) is 35.3 Å². The Morgan fingerprint density at radius 3 is 2.64 bits per heavy atom. The monoisotopic (exact) mass is 152 g/mol. The van der Waals surface area contributed by atoms with Crippen LogP contribution >= 0.6 is 0 Å². The molecular formula is C8H12N2O. The van der Waals surface area contributed by atoms with Crippen LogP contribution in [-0.2, 0) is 6.54 Å². The molecule has 0 bridgehead atoms. The largest absolute Gasteiger partial charge is 0.633 e. The number of aromatic nitrogens is 1. The van der Waals surface area contributed by atoms with E-state index in [4.69, 9.17) is 0 Å². The number of quaternary nitrogens is 1. The summed E-state index contributed by atoms with van der Waals surface area (Å²) >= 11 is 0. The van der Waals surface area contributed by atoms with Gasteiger partial charge in [0.15, 0.2) is 0 Å². The number of hydrogen-bond donors (Lipinski definition) is 0. The second-order valence-electron chi connectivity index (χ2n) is 3.05. The van der Waals surface area contributed by atoms with Crippen LogP contribution in [0.25, 0.3) is 0 Å². The summed E-state index contributed by atoms with van der Waals surface area (Å²) in [5, 5.41) is 11.2. The van der Waals surface area contributed by atoms with Gasteiger partial charge in [0, 0.05) is 6.20 Å². The zero-order valence-corrected chi connectivity index (χ0v) is 6.82. The lowest BCUT2D eigenvalue weighted by Crippen LogP contribution is -2.31. The number of rotatable bonds is 2. The van der Waals surface area contributed by atoms with Gasteiger partial charge in [-0.3, -0.25) is 4.98 Å². The highest BCUT2D eigenvalue weighted by molar-refractivity contribution is 5.01. The van der Waals surface area contributed by atoms with Gasteiger partial charge in [-0.15, -0.1) is 0 Å². The van der Waals surface area contributed by atoms with Crippen molar-refractivity contribution in [1.29, 1.82) is 0 Å². The second kappa shape index (κ2) is 2.98. The number of hydrogen-bond acceptors (Lipinski definition) is 2. The van der Waals surface area contributed by atoms with Crippen LogP contribution in [0, 0.1) is 5.21 Å². The van der Waals surface area contributed by atoms with E-state index in [-0.39, 0.29) is 4.65 Å². The van der Waals surface area contributed by atoms with Crippen LogP contribution < -0.4 is 0 Å². The number of hydroxylamine groups is 3. The van der Waals surface area contributed by atoms with Crippen molar-refractivity contribution in [2.24, 2.45) is 0 Å². The van der Waals surface area contributed by atoms with E-state index < -0.39 is 0 Å². The molecule has 1 aromatic heterocycles. The van der Waals surface area contributed by atoms with Crippen LogP contribution in [0.4, 0.5) is 0 Å². The van der Waals surface area contributed by atoms with E-state index in [1.807, 2.05) is 18.2 Å². The first-order valence-corrected chi connectivity index (χ1v) is 3.52. The standard InChI is InChI=1S/C8H12N2O/c1-10(2,11)7-8-5-3-4-6-9-8/h3-6H,7H2,1-2H3. The van der Waals surface area contributed by atoms with E-state index in [1.54, 1.807) is 20.3 Å². The van der Waals surface area contributed by atoms with Gasteiger partial charge in [0.2, 0.25) is 0 Å². The van der Waals surface area contributed by atoms with Gasteiger partial charge in [-0.05, 0) is 12.1 Å². The Bertz CT molecular complexity index is 215. The first kappa shape index (κ1) is 8.17. The Morgan fingerprint density at radius 1 is 1.45 bits per heavy atom. The Labute approximate surface area is 66.5 Å². The van der Waals surface area contributed by atoms with Crippen molar-refractivity contribution in [3.8, 4) is 0 Å². The highest BCUT2D eigenvalue weighted by Crippen LogP contribution is 2.02. The maximum Gasteiger partial charge on any atom is 0.121 e. The normalized spacial score (nSPS) is 11.5. The molecule has 1 aromatic rings. The molecule has 0 saturated carbocycles. The van der Waals surface area contributed by atoms with Crippen molar-refractivity contribution in [1.82, 2.24) is 4.98 Å². The molecule has 60 valence electrons. The van der Waals surface area contributed by atoms with E-state index in [1.165, 1.54) is 0 Å². The third-order valence-corrected chi connectivity index (χ3v) is 1.27. The number of pyridine rings is 1. The topological polar surface area (TPSA) is 36.0 Å². The number of nitrogens with zero attached hydrogens (tertiary/aromatic N) is 2. The zero-order valence-electron chi connectivity index (χ0n) is 6.82. The summed E-state index contributed by atoms with van der Waals surface area (Å²) in [6, 6.07) is 5.59. The van der Waals surface area contributed by atoms with Gasteiger partial charge < -0.3 is 9.85 Å². The van der Waals surface area contributed by atoms with Crippen molar-refractivity contribution >= 4 is 0 Å². The predicted octanol–water partition coefficient (Wildman–Crippen LogP) is 1.16. The first-order valence-electron chi connectivity index (χ1n) is 3.52. The van der Waals surface area contributed by atoms with Crippen LogP contribution in [0.2, 0.25) is 0 Å². The summed E-state index contributed by atoms with van der Waals surface area (Å²) in [6.07, 6.45) is 1.70. The second-order valence-corrected chi connectivity index (χ2v) is 3.05. The summed E-state index contributed by atoms with van der Waals surface area (Å²) < 4.78 is -0.322. The maximum absolute atomic E-state index is 11.2. The quantitative estimate of drug-likeness (QED) is 0.471. The Kier molecular flexibility index (Phi) is 2.22. The minimum Gasteiger partial charge on any atom is -0.633 e. The van der Waals surface area contributed by atoms with Crippen LogP contribution in [0.5, 0.6) is 0 Å². The maximum atomic E-state index is 11.2. The minimum absolute atomic E-state index is 0.322. The summed E-state index contributed by atoms with van der Waals surface area (Å²) in [6.45, 7) is 0.431. The molecule has 0 unspecified atom stereocenters. The van der Waals surface area contributed by atoms with Crippen LogP contribution in [0.1, 0.15) is 5.69 Å². The molecule has 0 aromatic carbocycles. The van der Waals surface area contributed by atoms with Crippen molar-refractivity contribution in [2.75, 3.05) is 14.1 Å². The van der Waals surface area contributed by atoms with Crippen molar-refractivity contribution in [3.63, 3.8) is 0 Å². The molecule has 11 heavy (non-hydrogen) atoms. The fourth-order valence-corrected chi connectivity index (χ4v) is 0.882. The Hall–Kier alpha value is -0.930. The molecule has 3 heteroatoms. The molecule has 0 saturated heterocycles. The Morgan fingerprint density at radius 2 is 2.18 bits per heavy atom. The van der Waals surface area contributed by atoms with E-state index in [0.717, 1.165) is 5.69 Å².